The van der Waals surface area contributed by atoms with Gasteiger partial charge in [0.1, 0.15) is 0 Å². The molecular formula is C13H18N4O3. The second-order valence-electron chi connectivity index (χ2n) is 4.14. The van der Waals surface area contributed by atoms with Gasteiger partial charge in [0.05, 0.1) is 11.9 Å². The first kappa shape index (κ1) is 15.8. The molecular weight excluding hydrogens is 260 g/mol. The molecule has 0 aromatic carbocycles. The van der Waals surface area contributed by atoms with Crippen LogP contribution < -0.4 is 10.9 Å². The van der Waals surface area contributed by atoms with Crippen LogP contribution in [-0.4, -0.2) is 28.2 Å². The van der Waals surface area contributed by atoms with Crippen molar-refractivity contribution in [1.29, 1.82) is 0 Å². The Morgan fingerprint density at radius 1 is 1.20 bits per heavy atom. The Morgan fingerprint density at radius 2 is 1.95 bits per heavy atom. The monoisotopic (exact) mass is 278 g/mol. The maximum atomic E-state index is 11.4. The molecule has 0 fully saturated rings. The van der Waals surface area contributed by atoms with Gasteiger partial charge < -0.3 is 0 Å². The van der Waals surface area contributed by atoms with Crippen molar-refractivity contribution in [1.82, 2.24) is 15.9 Å². The number of hydroxylamine groups is 1. The number of amides is 2. The predicted molar refractivity (Wildman–Crippen MR) is 73.0 cm³/mol. The first-order valence-corrected chi connectivity index (χ1v) is 6.38. The number of unbranched alkanes of at least 4 members (excludes halogenated alkanes) is 2. The molecule has 0 saturated carbocycles. The summed E-state index contributed by atoms with van der Waals surface area (Å²) in [4.78, 5) is 26.2. The van der Waals surface area contributed by atoms with Gasteiger partial charge in [-0.1, -0.05) is 12.5 Å². The maximum absolute atomic E-state index is 11.4. The van der Waals surface area contributed by atoms with Gasteiger partial charge in [-0.25, -0.2) is 10.9 Å². The van der Waals surface area contributed by atoms with Crippen LogP contribution in [-0.2, 0) is 9.59 Å². The first-order valence-electron chi connectivity index (χ1n) is 6.38. The molecule has 1 rings (SSSR count). The Labute approximate surface area is 117 Å². The molecule has 0 aliphatic heterocycles. The van der Waals surface area contributed by atoms with Crippen LogP contribution in [0.15, 0.2) is 29.5 Å². The summed E-state index contributed by atoms with van der Waals surface area (Å²) in [5.74, 6) is -0.585. The number of rotatable bonds is 8. The molecule has 0 spiro atoms. The molecule has 0 saturated heterocycles. The molecule has 7 heteroatoms. The topological polar surface area (TPSA) is 104 Å². The fourth-order valence-corrected chi connectivity index (χ4v) is 1.48. The van der Waals surface area contributed by atoms with E-state index in [9.17, 15) is 9.59 Å². The van der Waals surface area contributed by atoms with Gasteiger partial charge in [-0.2, -0.15) is 5.10 Å². The highest BCUT2D eigenvalue weighted by Gasteiger charge is 2.01. The smallest absolute Gasteiger partial charge is 0.243 e. The van der Waals surface area contributed by atoms with Crippen LogP contribution in [0.2, 0.25) is 0 Å². The summed E-state index contributed by atoms with van der Waals surface area (Å²) in [6.45, 7) is 0. The van der Waals surface area contributed by atoms with Crippen molar-refractivity contribution in [3.63, 3.8) is 0 Å². The lowest BCUT2D eigenvalue weighted by Crippen LogP contribution is -2.18. The third kappa shape index (κ3) is 7.22. The minimum atomic E-state index is -0.408. The standard InChI is InChI=1S/C13H18N4O3/c18-12(7-2-1-3-8-13(19)17-20)16-15-10-11-6-4-5-9-14-11/h4-6,9-10,20H,1-3,7-8H2,(H,16,18)(H,17,19)/b15-10+. The van der Waals surface area contributed by atoms with E-state index in [0.29, 0.717) is 25.0 Å². The van der Waals surface area contributed by atoms with E-state index in [-0.39, 0.29) is 12.3 Å². The fraction of sp³-hybridized carbons (Fsp3) is 0.385. The molecule has 7 nitrogen and oxygen atoms in total. The fourth-order valence-electron chi connectivity index (χ4n) is 1.48. The van der Waals surface area contributed by atoms with E-state index in [0.717, 1.165) is 6.42 Å². The van der Waals surface area contributed by atoms with E-state index in [4.69, 9.17) is 5.21 Å². The van der Waals surface area contributed by atoms with E-state index >= 15 is 0 Å². The Balaban J connectivity index is 2.09. The molecule has 108 valence electrons. The summed E-state index contributed by atoms with van der Waals surface area (Å²) in [5.41, 5.74) is 4.65. The number of carbonyl (C=O) groups excluding carboxylic acids is 2. The molecule has 1 aromatic rings. The zero-order valence-corrected chi connectivity index (χ0v) is 11.1. The van der Waals surface area contributed by atoms with Crippen molar-refractivity contribution in [2.75, 3.05) is 0 Å². The molecule has 0 unspecified atom stereocenters. The van der Waals surface area contributed by atoms with Crippen molar-refractivity contribution in [3.05, 3.63) is 30.1 Å². The van der Waals surface area contributed by atoms with Crippen LogP contribution in [0.3, 0.4) is 0 Å². The maximum Gasteiger partial charge on any atom is 0.243 e. The van der Waals surface area contributed by atoms with Crippen molar-refractivity contribution in [2.45, 2.75) is 32.1 Å². The van der Waals surface area contributed by atoms with Gasteiger partial charge in [-0.05, 0) is 25.0 Å². The largest absolute Gasteiger partial charge is 0.289 e. The number of nitrogens with one attached hydrogen (secondary N) is 2. The Bertz CT molecular complexity index is 448. The van der Waals surface area contributed by atoms with Crippen LogP contribution in [0.5, 0.6) is 0 Å². The van der Waals surface area contributed by atoms with Gasteiger partial charge in [0.2, 0.25) is 11.8 Å². The molecule has 1 heterocycles. The molecule has 20 heavy (non-hydrogen) atoms. The Morgan fingerprint density at radius 3 is 2.60 bits per heavy atom. The normalized spacial score (nSPS) is 10.4. The van der Waals surface area contributed by atoms with Crippen LogP contribution in [0.4, 0.5) is 0 Å². The van der Waals surface area contributed by atoms with Crippen molar-refractivity contribution >= 4 is 18.0 Å². The van der Waals surface area contributed by atoms with E-state index in [1.165, 1.54) is 6.21 Å². The van der Waals surface area contributed by atoms with Gasteiger partial charge in [0, 0.05) is 19.0 Å². The van der Waals surface area contributed by atoms with Crippen LogP contribution in [0.25, 0.3) is 0 Å². The molecule has 0 radical (unpaired) electrons. The van der Waals surface area contributed by atoms with Gasteiger partial charge in [0.25, 0.3) is 0 Å². The van der Waals surface area contributed by atoms with Gasteiger partial charge >= 0.3 is 0 Å². The van der Waals surface area contributed by atoms with Gasteiger partial charge in [-0.3, -0.25) is 19.8 Å². The third-order valence-electron chi connectivity index (χ3n) is 2.51. The van der Waals surface area contributed by atoms with Crippen molar-refractivity contribution < 1.29 is 14.8 Å². The highest BCUT2D eigenvalue weighted by Crippen LogP contribution is 2.02. The molecule has 0 bridgehead atoms. The zero-order valence-electron chi connectivity index (χ0n) is 11.1. The minimum absolute atomic E-state index is 0.177. The summed E-state index contributed by atoms with van der Waals surface area (Å²) in [6, 6.07) is 5.41. The van der Waals surface area contributed by atoms with Crippen molar-refractivity contribution in [3.8, 4) is 0 Å². The number of hydrogen-bond donors (Lipinski definition) is 3. The molecule has 2 amide bonds. The number of aromatic nitrogens is 1. The van der Waals surface area contributed by atoms with Crippen molar-refractivity contribution in [2.24, 2.45) is 5.10 Å². The summed E-state index contributed by atoms with van der Waals surface area (Å²) in [7, 11) is 0. The zero-order chi connectivity index (χ0) is 14.6. The average Bonchev–Trinajstić information content (AvgIpc) is 2.47. The lowest BCUT2D eigenvalue weighted by Gasteiger charge is -2.00. The third-order valence-corrected chi connectivity index (χ3v) is 2.51. The molecule has 0 aliphatic carbocycles. The number of carbonyl (C=O) groups is 2. The SMILES string of the molecule is O=C(CCCCCC(=O)N/N=C/c1ccccn1)NO. The predicted octanol–water partition coefficient (Wildman–Crippen LogP) is 0.988. The number of pyridine rings is 1. The van der Waals surface area contributed by atoms with Crippen LogP contribution in [0.1, 0.15) is 37.8 Å². The quantitative estimate of drug-likeness (QED) is 0.285. The van der Waals surface area contributed by atoms with E-state index in [1.807, 2.05) is 6.07 Å². The molecule has 1 aromatic heterocycles. The second kappa shape index (κ2) is 9.62. The average molecular weight is 278 g/mol. The number of hydrogen-bond acceptors (Lipinski definition) is 5. The van der Waals surface area contributed by atoms with Crippen LogP contribution >= 0.6 is 0 Å². The number of hydrazone groups is 1. The molecule has 3 N–H and O–H groups in total. The summed E-state index contributed by atoms with van der Waals surface area (Å²) in [6.07, 6.45) is 5.77. The number of nitrogens with zero attached hydrogens (tertiary/aromatic N) is 2. The van der Waals surface area contributed by atoms with Gasteiger partial charge in [0.15, 0.2) is 0 Å². The minimum Gasteiger partial charge on any atom is -0.289 e. The van der Waals surface area contributed by atoms with Crippen LogP contribution in [0, 0.1) is 0 Å². The highest BCUT2D eigenvalue weighted by atomic mass is 16.5. The van der Waals surface area contributed by atoms with Gasteiger partial charge in [-0.15, -0.1) is 0 Å². The Hall–Kier alpha value is -2.28. The van der Waals surface area contributed by atoms with E-state index in [2.05, 4.69) is 15.5 Å². The Kier molecular flexibility index (Phi) is 7.59. The first-order chi connectivity index (χ1) is 9.72. The summed E-state index contributed by atoms with van der Waals surface area (Å²) < 4.78 is 0. The molecule has 0 aliphatic rings. The summed E-state index contributed by atoms with van der Waals surface area (Å²) >= 11 is 0. The summed E-state index contributed by atoms with van der Waals surface area (Å²) in [5, 5.41) is 12.1. The highest BCUT2D eigenvalue weighted by molar-refractivity contribution is 5.80. The van der Waals surface area contributed by atoms with E-state index < -0.39 is 5.91 Å². The van der Waals surface area contributed by atoms with E-state index in [1.54, 1.807) is 23.8 Å². The lowest BCUT2D eigenvalue weighted by atomic mass is 10.1. The molecule has 0 atom stereocenters. The second-order valence-corrected chi connectivity index (χ2v) is 4.14. The lowest BCUT2D eigenvalue weighted by molar-refractivity contribution is -0.129.